The third kappa shape index (κ3) is 5.36. The summed E-state index contributed by atoms with van der Waals surface area (Å²) in [6, 6.07) is 10.1. The second-order valence-electron chi connectivity index (χ2n) is 5.52. The highest BCUT2D eigenvalue weighted by Gasteiger charge is 2.16. The Morgan fingerprint density at radius 2 is 1.68 bits per heavy atom. The maximum Gasteiger partial charge on any atom is 0.226 e. The molecule has 0 bridgehead atoms. The Balaban J connectivity index is 2.08. The summed E-state index contributed by atoms with van der Waals surface area (Å²) in [6.45, 7) is 3.56. The maximum absolute atomic E-state index is 12.2. The monoisotopic (exact) mass is 398 g/mol. The second-order valence-corrected chi connectivity index (χ2v) is 6.80. The van der Waals surface area contributed by atoms with Crippen molar-refractivity contribution >= 4 is 58.0 Å². The third-order valence-corrected chi connectivity index (χ3v) is 4.41. The topological polar surface area (TPSA) is 49.4 Å². The Bertz CT molecular complexity index is 809. The molecule has 2 aromatic carbocycles. The van der Waals surface area contributed by atoms with Crippen molar-refractivity contribution in [3.63, 3.8) is 0 Å². The van der Waals surface area contributed by atoms with Gasteiger partial charge in [0.15, 0.2) is 0 Å². The number of amides is 2. The van der Waals surface area contributed by atoms with Gasteiger partial charge in [-0.1, -0.05) is 40.9 Å². The molecule has 0 aliphatic rings. The molecule has 0 spiro atoms. The lowest BCUT2D eigenvalue weighted by atomic mass is 10.1. The number of aryl methyl sites for hydroxylation is 1. The number of hydrogen-bond acceptors (Lipinski definition) is 2. The van der Waals surface area contributed by atoms with Gasteiger partial charge in [-0.2, -0.15) is 0 Å². The summed E-state index contributed by atoms with van der Waals surface area (Å²) in [4.78, 5) is 25.7. The fraction of sp³-hybridized carbons (Fsp3) is 0.222. The summed E-state index contributed by atoms with van der Waals surface area (Å²) >= 11 is 18.0. The summed E-state index contributed by atoms with van der Waals surface area (Å²) < 4.78 is 0. The number of carbonyl (C=O) groups excluding carboxylic acids is 2. The van der Waals surface area contributed by atoms with Crippen LogP contribution in [0.3, 0.4) is 0 Å². The molecule has 0 heterocycles. The van der Waals surface area contributed by atoms with Gasteiger partial charge in [-0.05, 0) is 42.8 Å². The Morgan fingerprint density at radius 1 is 1.04 bits per heavy atom. The molecule has 0 saturated carbocycles. The van der Waals surface area contributed by atoms with Crippen LogP contribution in [-0.2, 0) is 9.59 Å². The Labute approximate surface area is 161 Å². The van der Waals surface area contributed by atoms with Gasteiger partial charge in [-0.15, -0.1) is 0 Å². The zero-order valence-electron chi connectivity index (χ0n) is 13.8. The van der Waals surface area contributed by atoms with Crippen molar-refractivity contribution in [1.29, 1.82) is 0 Å². The number of carbonyl (C=O) groups is 2. The van der Waals surface area contributed by atoms with E-state index in [9.17, 15) is 9.59 Å². The van der Waals surface area contributed by atoms with Gasteiger partial charge < -0.3 is 10.2 Å². The van der Waals surface area contributed by atoms with E-state index < -0.39 is 0 Å². The first-order chi connectivity index (χ1) is 11.8. The molecule has 2 amide bonds. The Hall–Kier alpha value is -1.75. The molecule has 0 atom stereocenters. The molecule has 0 aromatic heterocycles. The summed E-state index contributed by atoms with van der Waals surface area (Å²) in [5.74, 6) is -0.436. The predicted octanol–water partition coefficient (Wildman–Crippen LogP) is 5.34. The van der Waals surface area contributed by atoms with Crippen molar-refractivity contribution in [2.24, 2.45) is 0 Å². The molecule has 0 fully saturated rings. The molecule has 0 aliphatic carbocycles. The van der Waals surface area contributed by atoms with E-state index in [1.54, 1.807) is 30.3 Å². The van der Waals surface area contributed by atoms with E-state index in [4.69, 9.17) is 34.8 Å². The number of nitrogens with zero attached hydrogens (tertiary/aromatic N) is 1. The van der Waals surface area contributed by atoms with Crippen LogP contribution >= 0.6 is 34.8 Å². The van der Waals surface area contributed by atoms with Gasteiger partial charge in [0.1, 0.15) is 0 Å². The van der Waals surface area contributed by atoms with Crippen LogP contribution in [0.1, 0.15) is 18.9 Å². The predicted molar refractivity (Wildman–Crippen MR) is 104 cm³/mol. The first-order valence-corrected chi connectivity index (χ1v) is 8.70. The molecule has 132 valence electrons. The summed E-state index contributed by atoms with van der Waals surface area (Å²) in [5, 5.41) is 4.10. The van der Waals surface area contributed by atoms with Gasteiger partial charge in [-0.3, -0.25) is 9.59 Å². The van der Waals surface area contributed by atoms with Crippen molar-refractivity contribution in [3.05, 3.63) is 57.0 Å². The van der Waals surface area contributed by atoms with Gasteiger partial charge in [0, 0.05) is 35.6 Å². The van der Waals surface area contributed by atoms with Crippen LogP contribution in [0, 0.1) is 6.92 Å². The van der Waals surface area contributed by atoms with E-state index >= 15 is 0 Å². The van der Waals surface area contributed by atoms with Crippen molar-refractivity contribution < 1.29 is 9.59 Å². The fourth-order valence-corrected chi connectivity index (χ4v) is 2.84. The van der Waals surface area contributed by atoms with E-state index in [1.165, 1.54) is 11.8 Å². The molecule has 2 rings (SSSR count). The number of nitrogens with one attached hydrogen (secondary N) is 1. The van der Waals surface area contributed by atoms with E-state index in [0.29, 0.717) is 26.4 Å². The molecular weight excluding hydrogens is 383 g/mol. The third-order valence-electron chi connectivity index (χ3n) is 3.61. The smallest absolute Gasteiger partial charge is 0.226 e. The highest BCUT2D eigenvalue weighted by atomic mass is 35.5. The van der Waals surface area contributed by atoms with Gasteiger partial charge in [-0.25, -0.2) is 0 Å². The van der Waals surface area contributed by atoms with Crippen molar-refractivity contribution in [2.75, 3.05) is 16.8 Å². The van der Waals surface area contributed by atoms with Crippen LogP contribution in [0.25, 0.3) is 0 Å². The van der Waals surface area contributed by atoms with Crippen molar-refractivity contribution in [3.8, 4) is 0 Å². The molecule has 25 heavy (non-hydrogen) atoms. The van der Waals surface area contributed by atoms with Crippen LogP contribution in [0.5, 0.6) is 0 Å². The normalized spacial score (nSPS) is 10.4. The van der Waals surface area contributed by atoms with E-state index in [2.05, 4.69) is 5.32 Å². The zero-order chi connectivity index (χ0) is 18.6. The summed E-state index contributed by atoms with van der Waals surface area (Å²) in [6.07, 6.45) is 0.106. The standard InChI is InChI=1S/C18H17Cl3N2O2/c1-11-3-4-14(20)10-17(11)23(12(2)24)8-7-18(25)22-16-9-13(19)5-6-15(16)21/h3-6,9-10H,7-8H2,1-2H3,(H,22,25). The van der Waals surface area contributed by atoms with Gasteiger partial charge >= 0.3 is 0 Å². The van der Waals surface area contributed by atoms with Crippen LogP contribution in [0.15, 0.2) is 36.4 Å². The SMILES string of the molecule is CC(=O)N(CCC(=O)Nc1cc(Cl)ccc1Cl)c1cc(Cl)ccc1C. The second kappa shape index (κ2) is 8.56. The minimum Gasteiger partial charge on any atom is -0.325 e. The van der Waals surface area contributed by atoms with E-state index in [-0.39, 0.29) is 24.8 Å². The summed E-state index contributed by atoms with van der Waals surface area (Å²) in [7, 11) is 0. The zero-order valence-corrected chi connectivity index (χ0v) is 16.0. The first-order valence-electron chi connectivity index (χ1n) is 7.57. The van der Waals surface area contributed by atoms with Gasteiger partial charge in [0.2, 0.25) is 11.8 Å². The average molecular weight is 400 g/mol. The minimum atomic E-state index is -0.268. The lowest BCUT2D eigenvalue weighted by Gasteiger charge is -2.23. The quantitative estimate of drug-likeness (QED) is 0.738. The molecule has 1 N–H and O–H groups in total. The van der Waals surface area contributed by atoms with E-state index in [0.717, 1.165) is 5.56 Å². The van der Waals surface area contributed by atoms with Crippen LogP contribution in [0.2, 0.25) is 15.1 Å². The average Bonchev–Trinajstić information content (AvgIpc) is 2.54. The number of rotatable bonds is 5. The maximum atomic E-state index is 12.2. The Kier molecular flexibility index (Phi) is 6.71. The molecule has 7 heteroatoms. The lowest BCUT2D eigenvalue weighted by molar-refractivity contribution is -0.117. The molecular formula is C18H17Cl3N2O2. The number of benzene rings is 2. The summed E-state index contributed by atoms with van der Waals surface area (Å²) in [5.41, 5.74) is 2.03. The molecule has 0 unspecified atom stereocenters. The first kappa shape index (κ1) is 19.6. The van der Waals surface area contributed by atoms with Crippen LogP contribution < -0.4 is 10.2 Å². The lowest BCUT2D eigenvalue weighted by Crippen LogP contribution is -2.32. The van der Waals surface area contributed by atoms with Gasteiger partial charge in [0.25, 0.3) is 0 Å². The number of hydrogen-bond donors (Lipinski definition) is 1. The Morgan fingerprint density at radius 3 is 2.36 bits per heavy atom. The highest BCUT2D eigenvalue weighted by Crippen LogP contribution is 2.27. The minimum absolute atomic E-state index is 0.106. The van der Waals surface area contributed by atoms with Crippen molar-refractivity contribution in [2.45, 2.75) is 20.3 Å². The molecule has 2 aromatic rings. The number of halogens is 3. The van der Waals surface area contributed by atoms with Gasteiger partial charge in [0.05, 0.1) is 10.7 Å². The van der Waals surface area contributed by atoms with E-state index in [1.807, 2.05) is 13.0 Å². The fourth-order valence-electron chi connectivity index (χ4n) is 2.34. The molecule has 4 nitrogen and oxygen atoms in total. The van der Waals surface area contributed by atoms with Crippen LogP contribution in [0.4, 0.5) is 11.4 Å². The number of anilines is 2. The van der Waals surface area contributed by atoms with Crippen molar-refractivity contribution in [1.82, 2.24) is 0 Å². The molecule has 0 aliphatic heterocycles. The van der Waals surface area contributed by atoms with Crippen LogP contribution in [-0.4, -0.2) is 18.4 Å². The molecule has 0 radical (unpaired) electrons. The highest BCUT2D eigenvalue weighted by molar-refractivity contribution is 6.35. The molecule has 0 saturated heterocycles. The largest absolute Gasteiger partial charge is 0.325 e.